The fraction of sp³-hybridized carbons (Fsp3) is 0.769. The molecule has 0 aromatic rings. The molecule has 7 nitrogen and oxygen atoms in total. The molecule has 0 saturated carbocycles. The number of carbonyl (C=O) groups excluding carboxylic acids is 2. The molecule has 4 N–H and O–H groups in total. The number of ether oxygens (including phenoxy) is 1. The monoisotopic (exact) mass is 320 g/mol. The van der Waals surface area contributed by atoms with Crippen LogP contribution in [-0.4, -0.2) is 41.8 Å². The standard InChI is InChI=1S/C13H22ClN3O4/c1-4-20-13(19)11(9-6-10(14)17-21-9)16-12(18)8(15)5-7(2)3/h7-9,11H,4-6,15H2,1-3H3,(H,16,18)/p+1/t8-,9+,11+/m1/s1. The van der Waals surface area contributed by atoms with Crippen molar-refractivity contribution in [2.75, 3.05) is 6.61 Å². The number of quaternary nitrogens is 1. The third kappa shape index (κ3) is 5.51. The summed E-state index contributed by atoms with van der Waals surface area (Å²) in [5.74, 6) is -0.539. The highest BCUT2D eigenvalue weighted by Gasteiger charge is 2.38. The maximum atomic E-state index is 12.1. The van der Waals surface area contributed by atoms with Crippen LogP contribution >= 0.6 is 11.6 Å². The van der Waals surface area contributed by atoms with Crippen LogP contribution in [0.15, 0.2) is 5.16 Å². The molecule has 21 heavy (non-hydrogen) atoms. The van der Waals surface area contributed by atoms with Crippen LogP contribution in [-0.2, 0) is 19.2 Å². The molecule has 0 radical (unpaired) electrons. The third-order valence-corrected chi connectivity index (χ3v) is 3.22. The number of rotatable bonds is 7. The average Bonchev–Trinajstić information content (AvgIpc) is 2.81. The summed E-state index contributed by atoms with van der Waals surface area (Å²) in [6.45, 7) is 5.91. The Hall–Kier alpha value is -1.34. The van der Waals surface area contributed by atoms with Crippen LogP contribution in [0.3, 0.4) is 0 Å². The van der Waals surface area contributed by atoms with Gasteiger partial charge in [-0.2, -0.15) is 0 Å². The maximum absolute atomic E-state index is 12.1. The summed E-state index contributed by atoms with van der Waals surface area (Å²) in [5, 5.41) is 6.49. The van der Waals surface area contributed by atoms with Crippen molar-refractivity contribution in [1.29, 1.82) is 0 Å². The molecule has 0 bridgehead atoms. The molecule has 8 heteroatoms. The fourth-order valence-electron chi connectivity index (χ4n) is 2.03. The van der Waals surface area contributed by atoms with E-state index in [0.29, 0.717) is 12.3 Å². The minimum Gasteiger partial charge on any atom is -0.464 e. The summed E-state index contributed by atoms with van der Waals surface area (Å²) in [6.07, 6.45) is 0.244. The van der Waals surface area contributed by atoms with Crippen LogP contribution in [0.2, 0.25) is 0 Å². The first kappa shape index (κ1) is 17.7. The summed E-state index contributed by atoms with van der Waals surface area (Å²) in [6, 6.07) is -1.38. The Labute approximate surface area is 129 Å². The van der Waals surface area contributed by atoms with Crippen molar-refractivity contribution in [3.05, 3.63) is 0 Å². The van der Waals surface area contributed by atoms with Gasteiger partial charge in [0.25, 0.3) is 5.91 Å². The summed E-state index contributed by atoms with van der Waals surface area (Å²) in [5.41, 5.74) is 3.82. The van der Waals surface area contributed by atoms with Crippen molar-refractivity contribution in [3.8, 4) is 0 Å². The molecule has 0 aromatic carbocycles. The van der Waals surface area contributed by atoms with Crippen molar-refractivity contribution in [2.45, 2.75) is 51.8 Å². The average molecular weight is 321 g/mol. The first-order valence-corrected chi connectivity index (χ1v) is 7.41. The molecular formula is C13H23ClN3O4+. The summed E-state index contributed by atoms with van der Waals surface area (Å²) < 4.78 is 4.97. The Morgan fingerprint density at radius 3 is 2.71 bits per heavy atom. The predicted molar refractivity (Wildman–Crippen MR) is 77.5 cm³/mol. The molecule has 1 heterocycles. The summed E-state index contributed by atoms with van der Waals surface area (Å²) in [4.78, 5) is 29.2. The Bertz CT molecular complexity index is 414. The second-order valence-corrected chi connectivity index (χ2v) is 5.82. The van der Waals surface area contributed by atoms with Gasteiger partial charge in [-0.15, -0.1) is 0 Å². The molecule has 0 unspecified atom stereocenters. The van der Waals surface area contributed by atoms with E-state index in [4.69, 9.17) is 21.2 Å². The van der Waals surface area contributed by atoms with Gasteiger partial charge in [-0.3, -0.25) is 4.79 Å². The zero-order valence-corrected chi connectivity index (χ0v) is 13.4. The molecule has 0 aromatic heterocycles. The molecular weight excluding hydrogens is 298 g/mol. The molecule has 1 aliphatic heterocycles. The number of esters is 1. The van der Waals surface area contributed by atoms with Crippen LogP contribution in [0.5, 0.6) is 0 Å². The Morgan fingerprint density at radius 1 is 1.57 bits per heavy atom. The van der Waals surface area contributed by atoms with Crippen LogP contribution in [0.4, 0.5) is 0 Å². The highest BCUT2D eigenvalue weighted by molar-refractivity contribution is 6.65. The second-order valence-electron chi connectivity index (χ2n) is 5.38. The first-order valence-electron chi connectivity index (χ1n) is 7.03. The van der Waals surface area contributed by atoms with Crippen molar-refractivity contribution >= 4 is 28.6 Å². The van der Waals surface area contributed by atoms with Gasteiger partial charge >= 0.3 is 5.97 Å². The van der Waals surface area contributed by atoms with E-state index in [2.05, 4.69) is 16.2 Å². The van der Waals surface area contributed by atoms with Crippen molar-refractivity contribution in [3.63, 3.8) is 0 Å². The number of amides is 1. The minimum absolute atomic E-state index is 0.215. The van der Waals surface area contributed by atoms with Gasteiger partial charge in [0.05, 0.1) is 6.61 Å². The number of hydrogen-bond donors (Lipinski definition) is 2. The van der Waals surface area contributed by atoms with E-state index < -0.39 is 24.2 Å². The Balaban J connectivity index is 2.69. The summed E-state index contributed by atoms with van der Waals surface area (Å²) >= 11 is 5.75. The van der Waals surface area contributed by atoms with Crippen molar-refractivity contribution in [2.24, 2.45) is 11.1 Å². The molecule has 0 saturated heterocycles. The van der Waals surface area contributed by atoms with Crippen LogP contribution in [0.1, 0.15) is 33.6 Å². The van der Waals surface area contributed by atoms with Gasteiger partial charge in [0.15, 0.2) is 18.2 Å². The van der Waals surface area contributed by atoms with Gasteiger partial charge < -0.3 is 20.6 Å². The lowest BCUT2D eigenvalue weighted by Gasteiger charge is -2.22. The third-order valence-electron chi connectivity index (χ3n) is 2.99. The van der Waals surface area contributed by atoms with E-state index in [0.717, 1.165) is 0 Å². The molecule has 1 rings (SSSR count). The van der Waals surface area contributed by atoms with Gasteiger partial charge in [-0.1, -0.05) is 30.6 Å². The van der Waals surface area contributed by atoms with Crippen molar-refractivity contribution < 1.29 is 24.9 Å². The lowest BCUT2D eigenvalue weighted by molar-refractivity contribution is -0.406. The van der Waals surface area contributed by atoms with Gasteiger partial charge in [0, 0.05) is 12.8 Å². The number of nitrogens with zero attached hydrogens (tertiary/aromatic N) is 1. The van der Waals surface area contributed by atoms with Crippen molar-refractivity contribution in [1.82, 2.24) is 5.32 Å². The van der Waals surface area contributed by atoms with Gasteiger partial charge in [0.2, 0.25) is 0 Å². The quantitative estimate of drug-likeness (QED) is 0.646. The topological polar surface area (TPSA) is 105 Å². The van der Waals surface area contributed by atoms with E-state index >= 15 is 0 Å². The lowest BCUT2D eigenvalue weighted by Crippen LogP contribution is -2.69. The number of nitrogens with one attached hydrogen (secondary N) is 1. The maximum Gasteiger partial charge on any atom is 0.332 e. The zero-order valence-electron chi connectivity index (χ0n) is 12.6. The van der Waals surface area contributed by atoms with Gasteiger partial charge in [-0.05, 0) is 12.8 Å². The van der Waals surface area contributed by atoms with Crippen LogP contribution in [0, 0.1) is 5.92 Å². The van der Waals surface area contributed by atoms with E-state index in [1.165, 1.54) is 0 Å². The number of halogens is 1. The second kappa shape index (κ2) is 8.19. The predicted octanol–water partition coefficient (Wildman–Crippen LogP) is 0.0321. The first-order chi connectivity index (χ1) is 9.85. The summed E-state index contributed by atoms with van der Waals surface area (Å²) in [7, 11) is 0. The Kier molecular flexibility index (Phi) is 6.91. The number of hydrogen-bond acceptors (Lipinski definition) is 5. The smallest absolute Gasteiger partial charge is 0.332 e. The molecule has 1 amide bonds. The number of oxime groups is 1. The molecule has 0 fully saturated rings. The van der Waals surface area contributed by atoms with Gasteiger partial charge in [0.1, 0.15) is 5.17 Å². The van der Waals surface area contributed by atoms with E-state index in [1.54, 1.807) is 6.92 Å². The Morgan fingerprint density at radius 2 is 2.24 bits per heavy atom. The molecule has 0 aliphatic carbocycles. The minimum atomic E-state index is -0.936. The van der Waals surface area contributed by atoms with E-state index in [9.17, 15) is 9.59 Å². The highest BCUT2D eigenvalue weighted by Crippen LogP contribution is 2.17. The van der Waals surface area contributed by atoms with Crippen LogP contribution in [0.25, 0.3) is 0 Å². The molecule has 3 atom stereocenters. The normalized spacial score (nSPS) is 20.5. The van der Waals surface area contributed by atoms with Gasteiger partial charge in [-0.25, -0.2) is 4.79 Å². The number of carbonyl (C=O) groups is 2. The van der Waals surface area contributed by atoms with E-state index in [1.807, 2.05) is 13.8 Å². The fourth-order valence-corrected chi connectivity index (χ4v) is 2.22. The molecule has 0 spiro atoms. The lowest BCUT2D eigenvalue weighted by atomic mass is 10.0. The molecule has 1 aliphatic rings. The largest absolute Gasteiger partial charge is 0.464 e. The molecule has 120 valence electrons. The van der Waals surface area contributed by atoms with Crippen LogP contribution < -0.4 is 11.1 Å². The zero-order chi connectivity index (χ0) is 16.0. The van der Waals surface area contributed by atoms with E-state index in [-0.39, 0.29) is 24.1 Å². The highest BCUT2D eigenvalue weighted by atomic mass is 35.5. The SMILES string of the molecule is CCOC(=O)[C@@H](NC(=O)[C@H]([NH3+])CC(C)C)[C@@H]1CC(Cl)=NO1.